The summed E-state index contributed by atoms with van der Waals surface area (Å²) in [6.07, 6.45) is 1.21. The van der Waals surface area contributed by atoms with E-state index in [1.807, 2.05) is 18.2 Å². The average Bonchev–Trinajstić information content (AvgIpc) is 3.40. The summed E-state index contributed by atoms with van der Waals surface area (Å²) >= 11 is 1.67. The fourth-order valence-electron chi connectivity index (χ4n) is 8.54. The van der Waals surface area contributed by atoms with E-state index in [0.717, 1.165) is 47.3 Å². The molecule has 0 radical (unpaired) electrons. The third kappa shape index (κ3) is 1.53. The lowest BCUT2D eigenvalue weighted by atomic mass is 9.31. The van der Waals surface area contributed by atoms with Gasteiger partial charge in [-0.25, -0.2) is 4.98 Å². The summed E-state index contributed by atoms with van der Waals surface area (Å²) in [5.74, 6) is 3.43. The molecule has 8 unspecified atom stereocenters. The number of amides is 1. The number of thiazole rings is 1. The van der Waals surface area contributed by atoms with E-state index in [1.54, 1.807) is 11.3 Å². The van der Waals surface area contributed by atoms with Crippen LogP contribution in [-0.4, -0.2) is 43.0 Å². The van der Waals surface area contributed by atoms with Gasteiger partial charge in [-0.2, -0.15) is 0 Å². The first kappa shape index (κ1) is 15.8. The van der Waals surface area contributed by atoms with Crippen LogP contribution in [0.4, 0.5) is 10.8 Å². The topological polar surface area (TPSA) is 71.5 Å². The van der Waals surface area contributed by atoms with Gasteiger partial charge in [0.25, 0.3) is 0 Å². The van der Waals surface area contributed by atoms with Gasteiger partial charge in [-0.3, -0.25) is 9.59 Å². The Morgan fingerprint density at radius 3 is 2.93 bits per heavy atom. The average molecular weight is 407 g/mol. The molecule has 4 bridgehead atoms. The maximum absolute atomic E-state index is 13.4. The molecule has 2 aromatic rings. The molecule has 29 heavy (non-hydrogen) atoms. The first-order valence-electron chi connectivity index (χ1n) is 10.8. The van der Waals surface area contributed by atoms with Crippen LogP contribution in [0.2, 0.25) is 0 Å². The van der Waals surface area contributed by atoms with Gasteiger partial charge in [0.05, 0.1) is 28.8 Å². The van der Waals surface area contributed by atoms with Gasteiger partial charge in [0.1, 0.15) is 5.78 Å². The molecule has 9 rings (SSSR count). The van der Waals surface area contributed by atoms with Gasteiger partial charge in [0.15, 0.2) is 5.13 Å². The third-order valence-electron chi connectivity index (χ3n) is 9.17. The SMILES string of the molecule is O=C1C2C3CC4C2C2(C(=O)Nc5ccc6nc(N7CCOCC7)sc6c5)C1C3C42. The molecule has 8 atom stereocenters. The number of rotatable bonds is 3. The van der Waals surface area contributed by atoms with Crippen LogP contribution < -0.4 is 10.2 Å². The van der Waals surface area contributed by atoms with E-state index in [0.29, 0.717) is 35.4 Å². The molecule has 6 saturated carbocycles. The summed E-state index contributed by atoms with van der Waals surface area (Å²) in [7, 11) is 0. The molecule has 1 saturated heterocycles. The van der Waals surface area contributed by atoms with E-state index in [9.17, 15) is 9.59 Å². The van der Waals surface area contributed by atoms with Gasteiger partial charge in [-0.15, -0.1) is 0 Å². The smallest absolute Gasteiger partial charge is 0.231 e. The van der Waals surface area contributed by atoms with Crippen LogP contribution >= 0.6 is 11.3 Å². The number of aromatic nitrogens is 1. The number of fused-ring (bicyclic) bond motifs is 1. The number of hydrogen-bond acceptors (Lipinski definition) is 6. The van der Waals surface area contributed by atoms with Crippen molar-refractivity contribution in [2.45, 2.75) is 6.42 Å². The summed E-state index contributed by atoms with van der Waals surface area (Å²) in [6.45, 7) is 3.22. The van der Waals surface area contributed by atoms with Crippen molar-refractivity contribution in [3.05, 3.63) is 18.2 Å². The predicted molar refractivity (Wildman–Crippen MR) is 108 cm³/mol. The summed E-state index contributed by atoms with van der Waals surface area (Å²) < 4.78 is 6.52. The highest BCUT2D eigenvalue weighted by Gasteiger charge is 2.96. The fraction of sp³-hybridized carbons (Fsp3) is 0.591. The molecule has 1 N–H and O–H groups in total. The number of Topliss-reactive ketones (excluding diaryl/α,β-unsaturated/α-hetero) is 1. The Morgan fingerprint density at radius 2 is 2.10 bits per heavy atom. The molecule has 1 aromatic carbocycles. The first-order valence-corrected chi connectivity index (χ1v) is 11.6. The number of nitrogens with zero attached hydrogens (tertiary/aromatic N) is 2. The zero-order valence-corrected chi connectivity index (χ0v) is 16.7. The molecule has 6 aliphatic carbocycles. The van der Waals surface area contributed by atoms with Gasteiger partial charge in [0.2, 0.25) is 5.91 Å². The van der Waals surface area contributed by atoms with Crippen molar-refractivity contribution in [3.63, 3.8) is 0 Å². The van der Waals surface area contributed by atoms with Crippen molar-refractivity contribution in [2.75, 3.05) is 36.5 Å². The molecular weight excluding hydrogens is 386 g/mol. The molecule has 7 heteroatoms. The van der Waals surface area contributed by atoms with Crippen molar-refractivity contribution in [1.29, 1.82) is 0 Å². The standard InChI is InChI=1S/C22H21N3O3S/c26-19-15-10-8-11-16-14(10)18(19)22(16,17(11)15)20(27)23-9-1-2-12-13(7-9)29-21(24-12)25-3-5-28-6-4-25/h1-2,7,10-11,14-18H,3-6,8H2,(H,23,27). The van der Waals surface area contributed by atoms with Crippen molar-refractivity contribution in [3.8, 4) is 0 Å². The Kier molecular flexibility index (Phi) is 2.63. The van der Waals surface area contributed by atoms with E-state index in [-0.39, 0.29) is 23.2 Å². The molecule has 1 aliphatic heterocycles. The van der Waals surface area contributed by atoms with E-state index >= 15 is 0 Å². The Labute approximate surface area is 171 Å². The van der Waals surface area contributed by atoms with E-state index < -0.39 is 0 Å². The number of hydrogen-bond donors (Lipinski definition) is 1. The van der Waals surface area contributed by atoms with Gasteiger partial charge >= 0.3 is 0 Å². The van der Waals surface area contributed by atoms with Gasteiger partial charge in [-0.1, -0.05) is 11.3 Å². The Morgan fingerprint density at radius 1 is 1.24 bits per heavy atom. The molecule has 7 fully saturated rings. The van der Waals surface area contributed by atoms with Crippen LogP contribution in [-0.2, 0) is 14.3 Å². The second kappa shape index (κ2) is 4.83. The Balaban J connectivity index is 1.09. The highest BCUT2D eigenvalue weighted by atomic mass is 32.1. The largest absolute Gasteiger partial charge is 0.378 e. The lowest BCUT2D eigenvalue weighted by molar-refractivity contribution is -0.245. The van der Waals surface area contributed by atoms with Crippen LogP contribution in [0.25, 0.3) is 10.2 Å². The van der Waals surface area contributed by atoms with E-state index in [2.05, 4.69) is 10.2 Å². The maximum atomic E-state index is 13.4. The molecule has 0 spiro atoms. The minimum absolute atomic E-state index is 0.0336. The van der Waals surface area contributed by atoms with E-state index in [1.165, 1.54) is 6.42 Å². The quantitative estimate of drug-likeness (QED) is 0.846. The van der Waals surface area contributed by atoms with Gasteiger partial charge in [-0.05, 0) is 54.2 Å². The minimum atomic E-state index is -0.355. The van der Waals surface area contributed by atoms with Crippen LogP contribution in [0.15, 0.2) is 18.2 Å². The van der Waals surface area contributed by atoms with Gasteiger partial charge in [0, 0.05) is 30.6 Å². The Bertz CT molecular complexity index is 1120. The number of anilines is 2. The monoisotopic (exact) mass is 407 g/mol. The van der Waals surface area contributed by atoms with E-state index in [4.69, 9.17) is 9.72 Å². The lowest BCUT2D eigenvalue weighted by Crippen LogP contribution is -2.74. The minimum Gasteiger partial charge on any atom is -0.378 e. The zero-order valence-electron chi connectivity index (χ0n) is 15.8. The van der Waals surface area contributed by atoms with Crippen LogP contribution in [0.5, 0.6) is 0 Å². The highest BCUT2D eigenvalue weighted by molar-refractivity contribution is 7.22. The normalized spacial score (nSPS) is 45.0. The number of ether oxygens (including phenoxy) is 1. The Hall–Kier alpha value is -1.99. The molecule has 7 aliphatic rings. The summed E-state index contributed by atoms with van der Waals surface area (Å²) in [5, 5.41) is 4.22. The van der Waals surface area contributed by atoms with Crippen molar-refractivity contribution < 1.29 is 14.3 Å². The molecule has 2 heterocycles. The number of ketones is 1. The molecule has 1 aromatic heterocycles. The maximum Gasteiger partial charge on any atom is 0.231 e. The summed E-state index contributed by atoms with van der Waals surface area (Å²) in [4.78, 5) is 33.2. The molecular formula is C22H21N3O3S. The zero-order chi connectivity index (χ0) is 19.1. The predicted octanol–water partition coefficient (Wildman–Crippen LogP) is 2.40. The summed E-state index contributed by atoms with van der Waals surface area (Å²) in [5.41, 5.74) is 1.45. The number of carbonyl (C=O) groups excluding carboxylic acids is 2. The third-order valence-corrected chi connectivity index (χ3v) is 10.3. The summed E-state index contributed by atoms with van der Waals surface area (Å²) in [6, 6.07) is 5.99. The number of morpholine rings is 1. The highest BCUT2D eigenvalue weighted by Crippen LogP contribution is 2.92. The van der Waals surface area contributed by atoms with Crippen molar-refractivity contribution >= 4 is 44.1 Å². The lowest BCUT2D eigenvalue weighted by Gasteiger charge is -2.70. The van der Waals surface area contributed by atoms with Crippen molar-refractivity contribution in [2.24, 2.45) is 46.8 Å². The first-order chi connectivity index (χ1) is 14.2. The second-order valence-electron chi connectivity index (χ2n) is 9.76. The molecule has 1 amide bonds. The molecule has 6 nitrogen and oxygen atoms in total. The number of benzene rings is 1. The second-order valence-corrected chi connectivity index (χ2v) is 10.8. The van der Waals surface area contributed by atoms with Gasteiger partial charge < -0.3 is 15.0 Å². The van der Waals surface area contributed by atoms with Crippen LogP contribution in [0.1, 0.15) is 6.42 Å². The van der Waals surface area contributed by atoms with Crippen LogP contribution in [0.3, 0.4) is 0 Å². The number of carbonyl (C=O) groups is 2. The molecule has 148 valence electrons. The van der Waals surface area contributed by atoms with Crippen molar-refractivity contribution in [1.82, 2.24) is 4.98 Å². The van der Waals surface area contributed by atoms with Crippen LogP contribution in [0, 0.1) is 46.8 Å². The number of nitrogens with one attached hydrogen (secondary N) is 1. The fourth-order valence-corrected chi connectivity index (χ4v) is 9.60.